The molecule has 0 aliphatic carbocycles. The smallest absolute Gasteiger partial charge is 0.326 e. The number of carboxylic acid groups (broad SMARTS) is 2. The molecule has 4 atom stereocenters. The largest absolute Gasteiger partial charge is 0.481 e. The Morgan fingerprint density at radius 3 is 1.64 bits per heavy atom. The fourth-order valence-corrected chi connectivity index (χ4v) is 2.69. The molecule has 14 nitrogen and oxygen atoms in total. The number of aliphatic carboxylic acids is 2. The molecule has 0 spiro atoms. The van der Waals surface area contributed by atoms with Crippen LogP contribution in [-0.2, 0) is 28.8 Å². The summed E-state index contributed by atoms with van der Waals surface area (Å²) in [5.41, 5.74) is 10.5. The summed E-state index contributed by atoms with van der Waals surface area (Å²) >= 11 is 0. The van der Waals surface area contributed by atoms with Gasteiger partial charge in [-0.1, -0.05) is 13.8 Å². The first-order valence-corrected chi connectivity index (χ1v) is 10.3. The van der Waals surface area contributed by atoms with Crippen molar-refractivity contribution in [2.24, 2.45) is 17.4 Å². The van der Waals surface area contributed by atoms with Gasteiger partial charge in [0.1, 0.15) is 24.2 Å². The summed E-state index contributed by atoms with van der Waals surface area (Å²) < 4.78 is 0. The maximum Gasteiger partial charge on any atom is 0.326 e. The van der Waals surface area contributed by atoms with E-state index in [2.05, 4.69) is 16.0 Å². The Balaban J connectivity index is 5.58. The van der Waals surface area contributed by atoms with Crippen LogP contribution in [0.5, 0.6) is 0 Å². The molecule has 0 saturated carbocycles. The zero-order valence-corrected chi connectivity index (χ0v) is 18.6. The summed E-state index contributed by atoms with van der Waals surface area (Å²) in [7, 11) is 0. The lowest BCUT2D eigenvalue weighted by molar-refractivity contribution is -0.143. The first-order valence-electron chi connectivity index (χ1n) is 10.3. The van der Waals surface area contributed by atoms with E-state index in [1.165, 1.54) is 0 Å². The quantitative estimate of drug-likeness (QED) is 0.112. The van der Waals surface area contributed by atoms with Crippen LogP contribution in [0.1, 0.15) is 46.0 Å². The van der Waals surface area contributed by atoms with Gasteiger partial charge in [-0.05, 0) is 25.2 Å². The molecule has 0 aromatic heterocycles. The summed E-state index contributed by atoms with van der Waals surface area (Å²) in [4.78, 5) is 70.9. The zero-order chi connectivity index (χ0) is 25.7. The van der Waals surface area contributed by atoms with Gasteiger partial charge in [0.15, 0.2) is 0 Å². The summed E-state index contributed by atoms with van der Waals surface area (Å²) in [6.07, 6.45) is -1.36. The number of rotatable bonds is 16. The monoisotopic (exact) mass is 475 g/mol. The number of nitrogens with one attached hydrogen (secondary N) is 3. The second kappa shape index (κ2) is 14.7. The van der Waals surface area contributed by atoms with Gasteiger partial charge in [-0.2, -0.15) is 0 Å². The maximum atomic E-state index is 12.7. The third-order valence-corrected chi connectivity index (χ3v) is 4.45. The van der Waals surface area contributed by atoms with Gasteiger partial charge in [-0.15, -0.1) is 0 Å². The number of aliphatic hydroxyl groups is 1. The number of nitrogens with two attached hydrogens (primary N) is 2. The van der Waals surface area contributed by atoms with Crippen LogP contribution in [0.4, 0.5) is 0 Å². The van der Waals surface area contributed by atoms with Crippen LogP contribution >= 0.6 is 0 Å². The topological polar surface area (TPSA) is 251 Å². The fraction of sp³-hybridized carbons (Fsp3) is 0.684. The molecule has 0 rings (SSSR count). The van der Waals surface area contributed by atoms with Crippen molar-refractivity contribution in [2.75, 3.05) is 6.61 Å². The average molecular weight is 475 g/mol. The lowest BCUT2D eigenvalue weighted by Gasteiger charge is -2.25. The van der Waals surface area contributed by atoms with E-state index in [0.717, 1.165) is 0 Å². The van der Waals surface area contributed by atoms with Gasteiger partial charge in [-0.3, -0.25) is 24.0 Å². The van der Waals surface area contributed by atoms with Crippen LogP contribution in [0.3, 0.4) is 0 Å². The molecule has 0 heterocycles. The molecule has 10 N–H and O–H groups in total. The minimum atomic E-state index is -1.44. The number of carboxylic acids is 2. The molecule has 0 fully saturated rings. The summed E-state index contributed by atoms with van der Waals surface area (Å²) in [5.74, 6) is -6.19. The Kier molecular flexibility index (Phi) is 13.3. The standard InChI is InChI=1S/C19H33N5O9/c1-9(2)7-13(19(32)33)24-18(31)12(4-6-15(27)28)23-17(30)11(3-5-14(21)26)22-16(29)10(20)8-25/h9-13,25H,3-8,20H2,1-2H3,(H2,21,26)(H,22,29)(H,23,30)(H,24,31)(H,27,28)(H,32,33). The van der Waals surface area contributed by atoms with Crippen LogP contribution in [0.2, 0.25) is 0 Å². The van der Waals surface area contributed by atoms with Gasteiger partial charge in [-0.25, -0.2) is 4.79 Å². The van der Waals surface area contributed by atoms with E-state index in [-0.39, 0.29) is 31.6 Å². The van der Waals surface area contributed by atoms with Crippen molar-refractivity contribution in [3.05, 3.63) is 0 Å². The molecule has 4 unspecified atom stereocenters. The second-order valence-corrected chi connectivity index (χ2v) is 7.88. The first-order chi connectivity index (χ1) is 15.3. The van der Waals surface area contributed by atoms with E-state index in [9.17, 15) is 33.9 Å². The van der Waals surface area contributed by atoms with Gasteiger partial charge < -0.3 is 42.7 Å². The number of hydrogen-bond donors (Lipinski definition) is 8. The molecule has 0 bridgehead atoms. The SMILES string of the molecule is CC(C)CC(NC(=O)C(CCC(=O)O)NC(=O)C(CCC(N)=O)NC(=O)C(N)CO)C(=O)O. The lowest BCUT2D eigenvalue weighted by Crippen LogP contribution is -2.57. The van der Waals surface area contributed by atoms with Gasteiger partial charge >= 0.3 is 11.9 Å². The Labute approximate surface area is 190 Å². The predicted molar refractivity (Wildman–Crippen MR) is 113 cm³/mol. The Morgan fingerprint density at radius 1 is 0.788 bits per heavy atom. The van der Waals surface area contributed by atoms with Crippen molar-refractivity contribution in [3.63, 3.8) is 0 Å². The van der Waals surface area contributed by atoms with Crippen LogP contribution < -0.4 is 27.4 Å². The Bertz CT molecular complexity index is 728. The van der Waals surface area contributed by atoms with E-state index in [1.54, 1.807) is 13.8 Å². The van der Waals surface area contributed by atoms with E-state index in [4.69, 9.17) is 21.7 Å². The normalized spacial score (nSPS) is 14.5. The van der Waals surface area contributed by atoms with Gasteiger partial charge in [0.05, 0.1) is 6.61 Å². The molecule has 0 aromatic carbocycles. The Morgan fingerprint density at radius 2 is 1.24 bits per heavy atom. The van der Waals surface area contributed by atoms with Crippen LogP contribution in [-0.4, -0.2) is 81.7 Å². The number of amides is 4. The van der Waals surface area contributed by atoms with Gasteiger partial charge in [0.2, 0.25) is 23.6 Å². The maximum absolute atomic E-state index is 12.7. The second-order valence-electron chi connectivity index (χ2n) is 7.88. The molecular formula is C19H33N5O9. The number of hydrogen-bond acceptors (Lipinski definition) is 8. The predicted octanol–water partition coefficient (Wildman–Crippen LogP) is -2.98. The molecule has 0 aliphatic rings. The zero-order valence-electron chi connectivity index (χ0n) is 18.6. The molecule has 0 saturated heterocycles. The fourth-order valence-electron chi connectivity index (χ4n) is 2.69. The molecule has 0 aliphatic heterocycles. The highest BCUT2D eigenvalue weighted by Gasteiger charge is 2.31. The number of aliphatic hydroxyl groups excluding tert-OH is 1. The van der Waals surface area contributed by atoms with E-state index in [0.29, 0.717) is 0 Å². The molecule has 0 radical (unpaired) electrons. The average Bonchev–Trinajstić information content (AvgIpc) is 2.71. The van der Waals surface area contributed by atoms with Crippen molar-refractivity contribution >= 4 is 35.6 Å². The molecule has 33 heavy (non-hydrogen) atoms. The number of carbonyl (C=O) groups is 6. The summed E-state index contributed by atoms with van der Waals surface area (Å²) in [6, 6.07) is -5.45. The number of carbonyl (C=O) groups excluding carboxylic acids is 4. The summed E-state index contributed by atoms with van der Waals surface area (Å²) in [6.45, 7) is 2.77. The van der Waals surface area contributed by atoms with E-state index in [1.807, 2.05) is 0 Å². The first kappa shape index (κ1) is 29.7. The van der Waals surface area contributed by atoms with Crippen molar-refractivity contribution in [3.8, 4) is 0 Å². The van der Waals surface area contributed by atoms with Gasteiger partial charge in [0, 0.05) is 12.8 Å². The third kappa shape index (κ3) is 12.4. The lowest BCUT2D eigenvalue weighted by atomic mass is 10.0. The highest BCUT2D eigenvalue weighted by molar-refractivity contribution is 5.94. The highest BCUT2D eigenvalue weighted by Crippen LogP contribution is 2.08. The van der Waals surface area contributed by atoms with Crippen molar-refractivity contribution in [2.45, 2.75) is 70.1 Å². The van der Waals surface area contributed by atoms with Gasteiger partial charge in [0.25, 0.3) is 0 Å². The molecular weight excluding hydrogens is 442 g/mol. The Hall–Kier alpha value is -3.26. The van der Waals surface area contributed by atoms with Crippen molar-refractivity contribution < 1.29 is 44.1 Å². The minimum absolute atomic E-state index is 0.0809. The molecule has 4 amide bonds. The van der Waals surface area contributed by atoms with E-state index < -0.39 is 72.8 Å². The summed E-state index contributed by atoms with van der Waals surface area (Å²) in [5, 5.41) is 34.0. The van der Waals surface area contributed by atoms with Crippen molar-refractivity contribution in [1.82, 2.24) is 16.0 Å². The van der Waals surface area contributed by atoms with Crippen molar-refractivity contribution in [1.29, 1.82) is 0 Å². The highest BCUT2D eigenvalue weighted by atomic mass is 16.4. The number of primary amides is 1. The molecule has 0 aromatic rings. The van der Waals surface area contributed by atoms with E-state index >= 15 is 0 Å². The molecule has 188 valence electrons. The van der Waals surface area contributed by atoms with Crippen LogP contribution in [0.25, 0.3) is 0 Å². The van der Waals surface area contributed by atoms with Crippen LogP contribution in [0.15, 0.2) is 0 Å². The third-order valence-electron chi connectivity index (χ3n) is 4.45. The molecule has 14 heteroatoms. The minimum Gasteiger partial charge on any atom is -0.481 e. The van der Waals surface area contributed by atoms with Crippen LogP contribution in [0, 0.1) is 5.92 Å².